The van der Waals surface area contributed by atoms with Crippen molar-refractivity contribution in [2.24, 2.45) is 5.10 Å². The van der Waals surface area contributed by atoms with Gasteiger partial charge in [0.2, 0.25) is 0 Å². The van der Waals surface area contributed by atoms with Crippen molar-refractivity contribution in [1.29, 1.82) is 0 Å². The molecular formula is C19H21BrClN3O2. The number of hydrazone groups is 1. The van der Waals surface area contributed by atoms with Crippen molar-refractivity contribution in [3.05, 3.63) is 57.0 Å². The molecule has 3 rings (SSSR count). The minimum Gasteiger partial charge on any atom is -0.503 e. The zero-order valence-corrected chi connectivity index (χ0v) is 16.9. The molecule has 26 heavy (non-hydrogen) atoms. The fourth-order valence-corrected chi connectivity index (χ4v) is 3.42. The Morgan fingerprint density at radius 2 is 1.88 bits per heavy atom. The number of methoxy groups -OCH3 is 1. The molecule has 138 valence electrons. The van der Waals surface area contributed by atoms with E-state index >= 15 is 0 Å². The number of phenols is 1. The largest absolute Gasteiger partial charge is 0.503 e. The Hall–Kier alpha value is -1.76. The fourth-order valence-electron chi connectivity index (χ4n) is 2.83. The number of hydrogen-bond acceptors (Lipinski definition) is 5. The monoisotopic (exact) mass is 437 g/mol. The first kappa shape index (κ1) is 19.0. The van der Waals surface area contributed by atoms with Crippen LogP contribution in [-0.4, -0.2) is 54.5 Å². The van der Waals surface area contributed by atoms with Crippen molar-refractivity contribution in [1.82, 2.24) is 9.91 Å². The van der Waals surface area contributed by atoms with E-state index in [9.17, 15) is 5.11 Å². The molecule has 0 unspecified atom stereocenters. The molecule has 2 aromatic rings. The van der Waals surface area contributed by atoms with Crippen molar-refractivity contribution < 1.29 is 9.84 Å². The minimum absolute atomic E-state index is 0.0977. The zero-order valence-electron chi connectivity index (χ0n) is 14.5. The number of benzene rings is 2. The fraction of sp³-hybridized carbons (Fsp3) is 0.316. The van der Waals surface area contributed by atoms with Crippen LogP contribution in [0.1, 0.15) is 11.1 Å². The smallest absolute Gasteiger partial charge is 0.172 e. The van der Waals surface area contributed by atoms with Gasteiger partial charge in [0, 0.05) is 37.7 Å². The summed E-state index contributed by atoms with van der Waals surface area (Å²) in [5.41, 5.74) is 2.14. The van der Waals surface area contributed by atoms with Gasteiger partial charge in [-0.15, -0.1) is 0 Å². The van der Waals surface area contributed by atoms with Gasteiger partial charge in [-0.25, -0.2) is 0 Å². The van der Waals surface area contributed by atoms with E-state index in [1.807, 2.05) is 18.2 Å². The first-order valence-electron chi connectivity index (χ1n) is 8.37. The lowest BCUT2D eigenvalue weighted by molar-refractivity contribution is 0.131. The SMILES string of the molecule is COc1cc(/C=N/N2CCN(Cc3ccc(Cl)cc3)CC2)cc(Br)c1O. The summed E-state index contributed by atoms with van der Waals surface area (Å²) in [6.45, 7) is 4.60. The van der Waals surface area contributed by atoms with Gasteiger partial charge >= 0.3 is 0 Å². The summed E-state index contributed by atoms with van der Waals surface area (Å²) in [6, 6.07) is 11.6. The van der Waals surface area contributed by atoms with E-state index < -0.39 is 0 Å². The van der Waals surface area contributed by atoms with Crippen LogP contribution in [0, 0.1) is 0 Å². The lowest BCUT2D eigenvalue weighted by Crippen LogP contribution is -2.43. The Kier molecular flexibility index (Phi) is 6.40. The molecule has 5 nitrogen and oxygen atoms in total. The highest BCUT2D eigenvalue weighted by molar-refractivity contribution is 9.10. The van der Waals surface area contributed by atoms with Crippen LogP contribution in [0.3, 0.4) is 0 Å². The average Bonchev–Trinajstić information content (AvgIpc) is 2.65. The maximum absolute atomic E-state index is 9.86. The van der Waals surface area contributed by atoms with Crippen LogP contribution >= 0.6 is 27.5 Å². The summed E-state index contributed by atoms with van der Waals surface area (Å²) in [5, 5.41) is 17.3. The summed E-state index contributed by atoms with van der Waals surface area (Å²) in [7, 11) is 1.53. The van der Waals surface area contributed by atoms with Gasteiger partial charge in [0.25, 0.3) is 0 Å². The highest BCUT2D eigenvalue weighted by atomic mass is 79.9. The lowest BCUT2D eigenvalue weighted by atomic mass is 10.2. The summed E-state index contributed by atoms with van der Waals surface area (Å²) in [4.78, 5) is 2.41. The molecule has 0 bridgehead atoms. The number of hydrogen-bond donors (Lipinski definition) is 1. The number of rotatable bonds is 5. The van der Waals surface area contributed by atoms with Gasteiger partial charge in [-0.2, -0.15) is 5.10 Å². The Bertz CT molecular complexity index is 775. The lowest BCUT2D eigenvalue weighted by Gasteiger charge is -2.33. The van der Waals surface area contributed by atoms with E-state index in [0.29, 0.717) is 10.2 Å². The van der Waals surface area contributed by atoms with Gasteiger partial charge in [0.15, 0.2) is 11.5 Å². The van der Waals surface area contributed by atoms with Crippen molar-refractivity contribution in [2.75, 3.05) is 33.3 Å². The van der Waals surface area contributed by atoms with E-state index in [1.165, 1.54) is 12.7 Å². The molecule has 1 aliphatic rings. The number of ether oxygens (including phenoxy) is 1. The van der Waals surface area contributed by atoms with E-state index in [-0.39, 0.29) is 5.75 Å². The number of piperazine rings is 1. The van der Waals surface area contributed by atoms with Crippen LogP contribution in [0.25, 0.3) is 0 Å². The standard InChI is InChI=1S/C19H21BrClN3O2/c1-26-18-11-15(10-17(20)19(18)25)12-22-24-8-6-23(7-9-24)13-14-2-4-16(21)5-3-14/h2-5,10-12,25H,6-9,13H2,1H3/b22-12+. The van der Waals surface area contributed by atoms with Crippen LogP contribution < -0.4 is 4.74 Å². The highest BCUT2D eigenvalue weighted by Crippen LogP contribution is 2.34. The van der Waals surface area contributed by atoms with Crippen LogP contribution in [-0.2, 0) is 6.54 Å². The molecule has 1 saturated heterocycles. The van der Waals surface area contributed by atoms with Gasteiger partial charge in [-0.3, -0.25) is 9.91 Å². The molecule has 1 N–H and O–H groups in total. The molecule has 0 spiro atoms. The molecular weight excluding hydrogens is 418 g/mol. The van der Waals surface area contributed by atoms with Gasteiger partial charge in [-0.05, 0) is 51.3 Å². The van der Waals surface area contributed by atoms with E-state index in [2.05, 4.69) is 43.1 Å². The van der Waals surface area contributed by atoms with Crippen molar-refractivity contribution in [3.63, 3.8) is 0 Å². The van der Waals surface area contributed by atoms with Gasteiger partial charge in [0.05, 0.1) is 17.8 Å². The molecule has 0 saturated carbocycles. The topological polar surface area (TPSA) is 48.3 Å². The Morgan fingerprint density at radius 3 is 2.54 bits per heavy atom. The van der Waals surface area contributed by atoms with E-state index in [0.717, 1.165) is 43.3 Å². The third-order valence-corrected chi connectivity index (χ3v) is 5.17. The summed E-state index contributed by atoms with van der Waals surface area (Å²) in [6.07, 6.45) is 1.79. The quantitative estimate of drug-likeness (QED) is 0.718. The molecule has 1 fully saturated rings. The van der Waals surface area contributed by atoms with E-state index in [1.54, 1.807) is 12.3 Å². The summed E-state index contributed by atoms with van der Waals surface area (Å²) in [5.74, 6) is 0.522. The number of aromatic hydroxyl groups is 1. The van der Waals surface area contributed by atoms with Gasteiger partial charge in [0.1, 0.15) is 0 Å². The molecule has 2 aromatic carbocycles. The molecule has 1 heterocycles. The Labute approximate surface area is 167 Å². The summed E-state index contributed by atoms with van der Waals surface area (Å²) >= 11 is 9.26. The third kappa shape index (κ3) is 4.90. The number of phenolic OH excluding ortho intramolecular Hbond substituents is 1. The average molecular weight is 439 g/mol. The second-order valence-corrected chi connectivity index (χ2v) is 7.45. The van der Waals surface area contributed by atoms with Crippen molar-refractivity contribution >= 4 is 33.7 Å². The van der Waals surface area contributed by atoms with Crippen molar-refractivity contribution in [2.45, 2.75) is 6.54 Å². The molecule has 0 aromatic heterocycles. The van der Waals surface area contributed by atoms with Crippen LogP contribution in [0.15, 0.2) is 46.0 Å². The van der Waals surface area contributed by atoms with Crippen LogP contribution in [0.2, 0.25) is 5.02 Å². The predicted molar refractivity (Wildman–Crippen MR) is 108 cm³/mol. The summed E-state index contributed by atoms with van der Waals surface area (Å²) < 4.78 is 5.76. The zero-order chi connectivity index (χ0) is 18.5. The predicted octanol–water partition coefficient (Wildman–Crippen LogP) is 3.97. The van der Waals surface area contributed by atoms with Crippen LogP contribution in [0.4, 0.5) is 0 Å². The first-order valence-corrected chi connectivity index (χ1v) is 9.54. The first-order chi connectivity index (χ1) is 12.5. The van der Waals surface area contributed by atoms with Gasteiger partial charge in [-0.1, -0.05) is 23.7 Å². The molecule has 0 aliphatic carbocycles. The molecule has 0 atom stereocenters. The van der Waals surface area contributed by atoms with Crippen LogP contribution in [0.5, 0.6) is 11.5 Å². The Morgan fingerprint density at radius 1 is 1.19 bits per heavy atom. The van der Waals surface area contributed by atoms with E-state index in [4.69, 9.17) is 16.3 Å². The number of nitrogens with zero attached hydrogens (tertiary/aromatic N) is 3. The number of halogens is 2. The highest BCUT2D eigenvalue weighted by Gasteiger charge is 2.15. The molecule has 7 heteroatoms. The second kappa shape index (κ2) is 8.75. The maximum atomic E-state index is 9.86. The second-order valence-electron chi connectivity index (χ2n) is 6.15. The Balaban J connectivity index is 1.54. The molecule has 0 amide bonds. The minimum atomic E-state index is 0.0977. The van der Waals surface area contributed by atoms with Crippen molar-refractivity contribution in [3.8, 4) is 11.5 Å². The third-order valence-electron chi connectivity index (χ3n) is 4.31. The molecule has 0 radical (unpaired) electrons. The maximum Gasteiger partial charge on any atom is 0.172 e. The normalized spacial score (nSPS) is 15.6. The molecule has 1 aliphatic heterocycles. The van der Waals surface area contributed by atoms with Gasteiger partial charge < -0.3 is 9.84 Å².